The molecule has 1 saturated heterocycles. The van der Waals surface area contributed by atoms with Crippen molar-refractivity contribution in [2.75, 3.05) is 0 Å². The molecule has 1 aliphatic rings. The van der Waals surface area contributed by atoms with Crippen LogP contribution in [0.5, 0.6) is 0 Å². The van der Waals surface area contributed by atoms with Crippen LogP contribution in [0.15, 0.2) is 0 Å². The zero-order valence-corrected chi connectivity index (χ0v) is 9.14. The average Bonchev–Trinajstić information content (AvgIpc) is 2.17. The van der Waals surface area contributed by atoms with E-state index in [2.05, 4.69) is 0 Å². The molecule has 0 N–H and O–H groups in total. The van der Waals surface area contributed by atoms with Gasteiger partial charge in [0.25, 0.3) is 0 Å². The van der Waals surface area contributed by atoms with Gasteiger partial charge in [0.05, 0.1) is 11.2 Å². The molecule has 0 aliphatic carbocycles. The van der Waals surface area contributed by atoms with Gasteiger partial charge in [0.2, 0.25) is 6.43 Å². The Hall–Kier alpha value is -0.155. The quantitative estimate of drug-likeness (QED) is 0.661. The lowest BCUT2D eigenvalue weighted by atomic mass is 9.83. The standard InChI is InChI=1S/C9H17BF2O2/c1-8(2)9(3,4)14-10(13-8)6-5-7(11)12/h7H,5-6H2,1-4H3. The van der Waals surface area contributed by atoms with Gasteiger partial charge < -0.3 is 9.31 Å². The van der Waals surface area contributed by atoms with Crippen LogP contribution in [-0.4, -0.2) is 24.7 Å². The fourth-order valence-electron chi connectivity index (χ4n) is 1.35. The van der Waals surface area contributed by atoms with Gasteiger partial charge in [-0.15, -0.1) is 0 Å². The Morgan fingerprint density at radius 1 is 1.07 bits per heavy atom. The van der Waals surface area contributed by atoms with Crippen molar-refractivity contribution in [3.63, 3.8) is 0 Å². The molecule has 2 nitrogen and oxygen atoms in total. The zero-order chi connectivity index (χ0) is 11.0. The Labute approximate surface area is 84.1 Å². The van der Waals surface area contributed by atoms with Crippen molar-refractivity contribution >= 4 is 7.12 Å². The Balaban J connectivity index is 2.47. The Morgan fingerprint density at radius 3 is 1.86 bits per heavy atom. The predicted molar refractivity (Wildman–Crippen MR) is 51.5 cm³/mol. The molecule has 0 aromatic heterocycles. The summed E-state index contributed by atoms with van der Waals surface area (Å²) in [5.74, 6) is 0. The van der Waals surface area contributed by atoms with Gasteiger partial charge in [-0.3, -0.25) is 0 Å². The topological polar surface area (TPSA) is 18.5 Å². The molecule has 0 unspecified atom stereocenters. The molecule has 0 atom stereocenters. The van der Waals surface area contributed by atoms with Crippen LogP contribution in [0.1, 0.15) is 34.1 Å². The summed E-state index contributed by atoms with van der Waals surface area (Å²) < 4.78 is 35.0. The summed E-state index contributed by atoms with van der Waals surface area (Å²) >= 11 is 0. The maximum atomic E-state index is 12.0. The van der Waals surface area contributed by atoms with Crippen molar-refractivity contribution in [2.24, 2.45) is 0 Å². The van der Waals surface area contributed by atoms with Crippen molar-refractivity contribution in [3.8, 4) is 0 Å². The van der Waals surface area contributed by atoms with E-state index in [1.54, 1.807) is 0 Å². The minimum Gasteiger partial charge on any atom is -0.403 e. The highest BCUT2D eigenvalue weighted by Crippen LogP contribution is 2.38. The van der Waals surface area contributed by atoms with Gasteiger partial charge in [-0.2, -0.15) is 0 Å². The number of hydrogen-bond acceptors (Lipinski definition) is 2. The van der Waals surface area contributed by atoms with E-state index >= 15 is 0 Å². The second-order valence-electron chi connectivity index (χ2n) is 4.65. The van der Waals surface area contributed by atoms with E-state index in [-0.39, 0.29) is 12.7 Å². The molecule has 1 fully saturated rings. The lowest BCUT2D eigenvalue weighted by Gasteiger charge is -2.32. The number of halogens is 2. The molecule has 82 valence electrons. The van der Waals surface area contributed by atoms with E-state index in [4.69, 9.17) is 9.31 Å². The van der Waals surface area contributed by atoms with Crippen LogP contribution in [-0.2, 0) is 9.31 Å². The van der Waals surface area contributed by atoms with Gasteiger partial charge in [0, 0.05) is 6.42 Å². The Kier molecular flexibility index (Phi) is 3.21. The summed E-state index contributed by atoms with van der Waals surface area (Å²) in [6.45, 7) is 7.65. The Bertz CT molecular complexity index is 191. The minimum absolute atomic E-state index is 0.170. The fraction of sp³-hybridized carbons (Fsp3) is 1.00. The van der Waals surface area contributed by atoms with E-state index < -0.39 is 24.7 Å². The van der Waals surface area contributed by atoms with Crippen LogP contribution in [0, 0.1) is 0 Å². The van der Waals surface area contributed by atoms with E-state index in [0.717, 1.165) is 0 Å². The normalized spacial score (nSPS) is 24.6. The Morgan fingerprint density at radius 2 is 1.50 bits per heavy atom. The molecule has 5 heteroatoms. The van der Waals surface area contributed by atoms with E-state index in [0.29, 0.717) is 0 Å². The fourth-order valence-corrected chi connectivity index (χ4v) is 1.35. The lowest BCUT2D eigenvalue weighted by molar-refractivity contribution is 0.00578. The maximum absolute atomic E-state index is 12.0. The molecule has 0 spiro atoms. The smallest absolute Gasteiger partial charge is 0.403 e. The maximum Gasteiger partial charge on any atom is 0.458 e. The number of hydrogen-bond donors (Lipinski definition) is 0. The zero-order valence-electron chi connectivity index (χ0n) is 9.14. The first-order chi connectivity index (χ1) is 6.24. The molecule has 0 aromatic carbocycles. The van der Waals surface area contributed by atoms with Crippen molar-refractivity contribution in [1.29, 1.82) is 0 Å². The van der Waals surface area contributed by atoms with Crippen LogP contribution < -0.4 is 0 Å². The highest BCUT2D eigenvalue weighted by molar-refractivity contribution is 6.45. The molecule has 0 amide bonds. The van der Waals surface area contributed by atoms with Gasteiger partial charge >= 0.3 is 7.12 Å². The molecule has 1 rings (SSSR count). The molecule has 0 saturated carbocycles. The molecular formula is C9H17BF2O2. The first kappa shape index (κ1) is 11.9. The van der Waals surface area contributed by atoms with E-state index in [9.17, 15) is 8.78 Å². The van der Waals surface area contributed by atoms with Crippen LogP contribution in [0.2, 0.25) is 6.32 Å². The third kappa shape index (κ3) is 2.45. The molecule has 0 bridgehead atoms. The van der Waals surface area contributed by atoms with Crippen molar-refractivity contribution in [3.05, 3.63) is 0 Å². The van der Waals surface area contributed by atoms with Gasteiger partial charge in [-0.05, 0) is 34.0 Å². The highest BCUT2D eigenvalue weighted by atomic mass is 19.3. The van der Waals surface area contributed by atoms with Crippen molar-refractivity contribution in [1.82, 2.24) is 0 Å². The summed E-state index contributed by atoms with van der Waals surface area (Å²) in [4.78, 5) is 0. The molecule has 1 aliphatic heterocycles. The minimum atomic E-state index is -2.28. The third-order valence-corrected chi connectivity index (χ3v) is 2.92. The summed E-state index contributed by atoms with van der Waals surface area (Å²) in [5.41, 5.74) is -0.834. The van der Waals surface area contributed by atoms with E-state index in [1.165, 1.54) is 0 Å². The SMILES string of the molecule is CC1(C)OB(CCC(F)F)OC1(C)C. The van der Waals surface area contributed by atoms with Crippen molar-refractivity contribution < 1.29 is 18.1 Å². The highest BCUT2D eigenvalue weighted by Gasteiger charge is 2.50. The summed E-state index contributed by atoms with van der Waals surface area (Å²) in [6.07, 6.45) is -2.20. The van der Waals surface area contributed by atoms with Crippen LogP contribution in [0.25, 0.3) is 0 Å². The number of rotatable bonds is 3. The summed E-state index contributed by atoms with van der Waals surface area (Å²) in [5, 5.41) is 0. The van der Waals surface area contributed by atoms with Crippen LogP contribution >= 0.6 is 0 Å². The lowest BCUT2D eigenvalue weighted by Crippen LogP contribution is -2.41. The molecular weight excluding hydrogens is 189 g/mol. The van der Waals surface area contributed by atoms with Crippen molar-refractivity contribution in [2.45, 2.75) is 58.1 Å². The summed E-state index contributed by atoms with van der Waals surface area (Å²) in [6, 6.07) is 0. The average molecular weight is 206 g/mol. The predicted octanol–water partition coefficient (Wildman–Crippen LogP) is 2.73. The molecule has 0 aromatic rings. The molecule has 14 heavy (non-hydrogen) atoms. The van der Waals surface area contributed by atoms with Gasteiger partial charge in [0.15, 0.2) is 0 Å². The van der Waals surface area contributed by atoms with Gasteiger partial charge in [-0.1, -0.05) is 0 Å². The number of alkyl halides is 2. The monoisotopic (exact) mass is 206 g/mol. The van der Waals surface area contributed by atoms with Crippen LogP contribution in [0.3, 0.4) is 0 Å². The molecule has 1 heterocycles. The first-order valence-electron chi connectivity index (χ1n) is 4.88. The first-order valence-corrected chi connectivity index (χ1v) is 4.88. The second kappa shape index (κ2) is 3.78. The summed E-state index contributed by atoms with van der Waals surface area (Å²) in [7, 11) is -0.492. The van der Waals surface area contributed by atoms with E-state index in [1.807, 2.05) is 27.7 Å². The second-order valence-corrected chi connectivity index (χ2v) is 4.65. The largest absolute Gasteiger partial charge is 0.458 e. The molecule has 0 radical (unpaired) electrons. The van der Waals surface area contributed by atoms with Crippen LogP contribution in [0.4, 0.5) is 8.78 Å². The third-order valence-electron chi connectivity index (χ3n) is 2.92. The van der Waals surface area contributed by atoms with Gasteiger partial charge in [0.1, 0.15) is 0 Å². The van der Waals surface area contributed by atoms with Gasteiger partial charge in [-0.25, -0.2) is 8.78 Å².